The zero-order valence-corrected chi connectivity index (χ0v) is 16.4. The zero-order chi connectivity index (χ0) is 21.7. The number of benzene rings is 3. The summed E-state index contributed by atoms with van der Waals surface area (Å²) < 4.78 is 13.0. The molecule has 0 radical (unpaired) electrons. The highest BCUT2D eigenvalue weighted by Crippen LogP contribution is 2.19. The van der Waals surface area contributed by atoms with Crippen LogP contribution in [0.25, 0.3) is 0 Å². The first-order chi connectivity index (χ1) is 14.3. The van der Waals surface area contributed by atoms with Gasteiger partial charge >= 0.3 is 0 Å². The molecular weight excluding hydrogens is 385 g/mol. The molecule has 30 heavy (non-hydrogen) atoms. The molecule has 0 heterocycles. The highest BCUT2D eigenvalue weighted by Gasteiger charge is 2.16. The summed E-state index contributed by atoms with van der Waals surface area (Å²) >= 11 is 0. The van der Waals surface area contributed by atoms with Gasteiger partial charge < -0.3 is 15.5 Å². The van der Waals surface area contributed by atoms with Crippen molar-refractivity contribution < 1.29 is 24.2 Å². The van der Waals surface area contributed by atoms with Crippen molar-refractivity contribution in [1.29, 1.82) is 0 Å². The van der Waals surface area contributed by atoms with Gasteiger partial charge in [0.25, 0.3) is 5.91 Å². The van der Waals surface area contributed by atoms with Crippen LogP contribution in [0.4, 0.5) is 4.39 Å². The molecule has 2 unspecified atom stereocenters. The third-order valence-corrected chi connectivity index (χ3v) is 4.73. The van der Waals surface area contributed by atoms with Crippen LogP contribution in [0.15, 0.2) is 72.8 Å². The zero-order valence-electron chi connectivity index (χ0n) is 16.4. The number of aliphatic hydroxyl groups excluding tert-OH is 1. The summed E-state index contributed by atoms with van der Waals surface area (Å²) in [6.45, 7) is 1.77. The standard InChI is InChI=1S/C24H22FNO4/c1-15(13-22(28)16-9-11-20(25)12-10-16)26-24(30)18-7-5-17(6-8-18)23(29)19-3-2-4-21(27)14-19/h2-12,14-15,22,27-28H,13H2,1H3,(H,26,30). The lowest BCUT2D eigenvalue weighted by Crippen LogP contribution is -2.33. The maximum Gasteiger partial charge on any atom is 0.251 e. The Hall–Kier alpha value is -3.51. The van der Waals surface area contributed by atoms with E-state index in [0.717, 1.165) is 0 Å². The predicted molar refractivity (Wildman–Crippen MR) is 111 cm³/mol. The summed E-state index contributed by atoms with van der Waals surface area (Å²) in [4.78, 5) is 24.9. The molecule has 0 saturated heterocycles. The molecule has 0 aliphatic heterocycles. The number of phenolic OH excluding ortho intramolecular Hbond substituents is 1. The Balaban J connectivity index is 1.60. The summed E-state index contributed by atoms with van der Waals surface area (Å²) in [6.07, 6.45) is -0.561. The van der Waals surface area contributed by atoms with Crippen LogP contribution < -0.4 is 5.32 Å². The quantitative estimate of drug-likeness (QED) is 0.517. The van der Waals surface area contributed by atoms with Gasteiger partial charge in [0, 0.05) is 22.7 Å². The Morgan fingerprint density at radius 2 is 1.57 bits per heavy atom. The smallest absolute Gasteiger partial charge is 0.251 e. The van der Waals surface area contributed by atoms with Crippen LogP contribution in [0.5, 0.6) is 5.75 Å². The van der Waals surface area contributed by atoms with Gasteiger partial charge in [0.2, 0.25) is 0 Å². The summed E-state index contributed by atoms with van der Waals surface area (Å²) in [6, 6.07) is 17.5. The lowest BCUT2D eigenvalue weighted by atomic mass is 10.0. The van der Waals surface area contributed by atoms with Gasteiger partial charge in [-0.05, 0) is 55.3 Å². The van der Waals surface area contributed by atoms with Crippen molar-refractivity contribution in [3.63, 3.8) is 0 Å². The molecule has 2 atom stereocenters. The molecule has 5 nitrogen and oxygen atoms in total. The Bertz CT molecular complexity index is 1030. The molecule has 1 amide bonds. The minimum absolute atomic E-state index is 0.00802. The molecule has 0 aliphatic rings. The summed E-state index contributed by atoms with van der Waals surface area (Å²) in [5.41, 5.74) is 1.71. The number of amides is 1. The van der Waals surface area contributed by atoms with Gasteiger partial charge in [-0.2, -0.15) is 0 Å². The van der Waals surface area contributed by atoms with E-state index in [2.05, 4.69) is 5.32 Å². The Kier molecular flexibility index (Phi) is 6.59. The van der Waals surface area contributed by atoms with Gasteiger partial charge in [-0.15, -0.1) is 0 Å². The van der Waals surface area contributed by atoms with Crippen molar-refractivity contribution in [3.8, 4) is 5.75 Å². The SMILES string of the molecule is CC(CC(O)c1ccc(F)cc1)NC(=O)c1ccc(C(=O)c2cccc(O)c2)cc1. The van der Waals surface area contributed by atoms with Crippen molar-refractivity contribution in [1.82, 2.24) is 5.32 Å². The van der Waals surface area contributed by atoms with E-state index < -0.39 is 6.10 Å². The molecular formula is C24H22FNO4. The topological polar surface area (TPSA) is 86.6 Å². The molecule has 0 bridgehead atoms. The number of phenols is 1. The number of ketones is 1. The molecule has 3 aromatic carbocycles. The van der Waals surface area contributed by atoms with E-state index in [9.17, 15) is 24.2 Å². The molecule has 0 saturated carbocycles. The molecule has 6 heteroatoms. The molecule has 0 fully saturated rings. The number of nitrogens with one attached hydrogen (secondary N) is 1. The van der Waals surface area contributed by atoms with E-state index in [0.29, 0.717) is 22.3 Å². The van der Waals surface area contributed by atoms with E-state index in [-0.39, 0.29) is 35.7 Å². The monoisotopic (exact) mass is 407 g/mol. The predicted octanol–water partition coefficient (Wildman–Crippen LogP) is 4.00. The maximum absolute atomic E-state index is 13.0. The van der Waals surface area contributed by atoms with Gasteiger partial charge in [-0.3, -0.25) is 9.59 Å². The number of rotatable bonds is 7. The van der Waals surface area contributed by atoms with Crippen LogP contribution in [-0.4, -0.2) is 27.9 Å². The Labute approximate surface area is 173 Å². The van der Waals surface area contributed by atoms with Gasteiger partial charge in [-0.1, -0.05) is 36.4 Å². The molecule has 0 aliphatic carbocycles. The van der Waals surface area contributed by atoms with Gasteiger partial charge in [0.05, 0.1) is 6.10 Å². The second-order valence-electron chi connectivity index (χ2n) is 7.13. The molecule has 0 spiro atoms. The third-order valence-electron chi connectivity index (χ3n) is 4.73. The minimum Gasteiger partial charge on any atom is -0.508 e. The van der Waals surface area contributed by atoms with Gasteiger partial charge in [-0.25, -0.2) is 4.39 Å². The Morgan fingerprint density at radius 3 is 2.20 bits per heavy atom. The minimum atomic E-state index is -0.830. The lowest BCUT2D eigenvalue weighted by molar-refractivity contribution is 0.0915. The van der Waals surface area contributed by atoms with Crippen LogP contribution in [0.3, 0.4) is 0 Å². The highest BCUT2D eigenvalue weighted by molar-refractivity contribution is 6.09. The highest BCUT2D eigenvalue weighted by atomic mass is 19.1. The van der Waals surface area contributed by atoms with Gasteiger partial charge in [0.15, 0.2) is 5.78 Å². The number of carbonyl (C=O) groups is 2. The first-order valence-corrected chi connectivity index (χ1v) is 9.51. The average Bonchev–Trinajstić information content (AvgIpc) is 2.73. The maximum atomic E-state index is 13.0. The van der Waals surface area contributed by atoms with Crippen molar-refractivity contribution in [3.05, 3.63) is 101 Å². The normalized spacial score (nSPS) is 12.8. The van der Waals surface area contributed by atoms with Crippen LogP contribution >= 0.6 is 0 Å². The number of aromatic hydroxyl groups is 1. The summed E-state index contributed by atoms with van der Waals surface area (Å²) in [5.74, 6) is -0.953. The van der Waals surface area contributed by atoms with Crippen LogP contribution in [0, 0.1) is 5.82 Å². The van der Waals surface area contributed by atoms with E-state index in [1.807, 2.05) is 0 Å². The number of hydrogen-bond donors (Lipinski definition) is 3. The number of halogens is 1. The summed E-state index contributed by atoms with van der Waals surface area (Å²) in [5, 5.41) is 22.6. The van der Waals surface area contributed by atoms with Crippen LogP contribution in [0.1, 0.15) is 51.3 Å². The Morgan fingerprint density at radius 1 is 0.933 bits per heavy atom. The van der Waals surface area contributed by atoms with E-state index >= 15 is 0 Å². The fraction of sp³-hybridized carbons (Fsp3) is 0.167. The van der Waals surface area contributed by atoms with Gasteiger partial charge in [0.1, 0.15) is 11.6 Å². The van der Waals surface area contributed by atoms with Crippen LogP contribution in [0.2, 0.25) is 0 Å². The second-order valence-corrected chi connectivity index (χ2v) is 7.13. The van der Waals surface area contributed by atoms with Crippen LogP contribution in [-0.2, 0) is 0 Å². The molecule has 3 N–H and O–H groups in total. The van der Waals surface area contributed by atoms with E-state index in [1.165, 1.54) is 36.4 Å². The molecule has 3 rings (SSSR count). The largest absolute Gasteiger partial charge is 0.508 e. The van der Waals surface area contributed by atoms with Crippen molar-refractivity contribution in [2.24, 2.45) is 0 Å². The second kappa shape index (κ2) is 9.33. The first-order valence-electron chi connectivity index (χ1n) is 9.51. The van der Waals surface area contributed by atoms with E-state index in [4.69, 9.17) is 0 Å². The fourth-order valence-electron chi connectivity index (χ4n) is 3.11. The number of aliphatic hydroxyl groups is 1. The number of carbonyl (C=O) groups excluding carboxylic acids is 2. The molecule has 3 aromatic rings. The number of hydrogen-bond acceptors (Lipinski definition) is 4. The van der Waals surface area contributed by atoms with Crippen molar-refractivity contribution in [2.75, 3.05) is 0 Å². The van der Waals surface area contributed by atoms with Crippen molar-refractivity contribution in [2.45, 2.75) is 25.5 Å². The lowest BCUT2D eigenvalue weighted by Gasteiger charge is -2.18. The average molecular weight is 407 g/mol. The third kappa shape index (κ3) is 5.30. The molecule has 154 valence electrons. The fourth-order valence-corrected chi connectivity index (χ4v) is 3.11. The summed E-state index contributed by atoms with van der Waals surface area (Å²) in [7, 11) is 0. The van der Waals surface area contributed by atoms with Crippen molar-refractivity contribution >= 4 is 11.7 Å². The first kappa shape index (κ1) is 21.2. The molecule has 0 aromatic heterocycles. The van der Waals surface area contributed by atoms with E-state index in [1.54, 1.807) is 43.3 Å².